The van der Waals surface area contributed by atoms with Crippen LogP contribution in [0.1, 0.15) is 55.5 Å². The van der Waals surface area contributed by atoms with Crippen LogP contribution in [0.5, 0.6) is 0 Å². The third-order valence-corrected chi connectivity index (χ3v) is 4.84. The zero-order chi connectivity index (χ0) is 17.7. The predicted molar refractivity (Wildman–Crippen MR) is 93.7 cm³/mol. The van der Waals surface area contributed by atoms with Gasteiger partial charge in [0.25, 0.3) is 0 Å². The number of carbonyl (C=O) groups is 1. The number of nitrogens with zero attached hydrogens (tertiary/aromatic N) is 3. The molecule has 0 saturated carbocycles. The number of hydrogen-bond donors (Lipinski definition) is 1. The zero-order valence-electron chi connectivity index (χ0n) is 15.0. The average molecular weight is 329 g/mol. The van der Waals surface area contributed by atoms with Gasteiger partial charge in [-0.25, -0.2) is 0 Å². The summed E-state index contributed by atoms with van der Waals surface area (Å²) in [5.74, 6) is 0.226. The van der Waals surface area contributed by atoms with Gasteiger partial charge in [0.15, 0.2) is 0 Å². The van der Waals surface area contributed by atoms with Crippen molar-refractivity contribution < 1.29 is 9.90 Å². The highest BCUT2D eigenvalue weighted by molar-refractivity contribution is 5.79. The summed E-state index contributed by atoms with van der Waals surface area (Å²) in [6.45, 7) is 8.47. The van der Waals surface area contributed by atoms with Gasteiger partial charge in [-0.2, -0.15) is 0 Å². The first-order chi connectivity index (χ1) is 11.5. The summed E-state index contributed by atoms with van der Waals surface area (Å²) in [6, 6.07) is 6.12. The Bertz CT molecular complexity index is 694. The molecule has 5 heteroatoms. The van der Waals surface area contributed by atoms with E-state index in [1.807, 2.05) is 43.8 Å². The predicted octanol–water partition coefficient (Wildman–Crippen LogP) is 3.04. The zero-order valence-corrected chi connectivity index (χ0v) is 15.0. The van der Waals surface area contributed by atoms with Crippen LogP contribution < -0.4 is 0 Å². The van der Waals surface area contributed by atoms with Gasteiger partial charge < -0.3 is 5.11 Å². The van der Waals surface area contributed by atoms with Crippen molar-refractivity contribution in [1.82, 2.24) is 15.0 Å². The van der Waals surface area contributed by atoms with Gasteiger partial charge in [-0.3, -0.25) is 9.48 Å². The molecule has 0 spiro atoms. The maximum Gasteiger partial charge on any atom is 0.133 e. The van der Waals surface area contributed by atoms with E-state index in [2.05, 4.69) is 16.4 Å². The van der Waals surface area contributed by atoms with Crippen molar-refractivity contribution in [3.63, 3.8) is 0 Å². The van der Waals surface area contributed by atoms with E-state index in [0.717, 1.165) is 41.8 Å². The molecule has 2 aromatic rings. The Balaban J connectivity index is 2.22. The third-order valence-electron chi connectivity index (χ3n) is 4.84. The van der Waals surface area contributed by atoms with Gasteiger partial charge >= 0.3 is 0 Å². The summed E-state index contributed by atoms with van der Waals surface area (Å²) < 4.78 is 1.81. The second-order valence-corrected chi connectivity index (χ2v) is 6.45. The van der Waals surface area contributed by atoms with E-state index in [0.29, 0.717) is 0 Å². The van der Waals surface area contributed by atoms with Gasteiger partial charge in [0, 0.05) is 18.7 Å². The number of aliphatic hydroxyl groups excluding tert-OH is 1. The second kappa shape index (κ2) is 8.20. The molecule has 1 N–H and O–H groups in total. The first kappa shape index (κ1) is 18.3. The number of carbonyl (C=O) groups excluding carboxylic acids is 1. The number of hydrogen-bond acceptors (Lipinski definition) is 4. The van der Waals surface area contributed by atoms with Crippen molar-refractivity contribution in [1.29, 1.82) is 0 Å². The van der Waals surface area contributed by atoms with Crippen molar-refractivity contribution >= 4 is 5.78 Å². The maximum absolute atomic E-state index is 12.0. The quantitative estimate of drug-likeness (QED) is 0.808. The van der Waals surface area contributed by atoms with Gasteiger partial charge in [0.1, 0.15) is 5.78 Å². The summed E-state index contributed by atoms with van der Waals surface area (Å²) in [4.78, 5) is 12.0. The lowest BCUT2D eigenvalue weighted by atomic mass is 9.80. The van der Waals surface area contributed by atoms with Crippen LogP contribution in [0, 0.1) is 12.8 Å². The summed E-state index contributed by atoms with van der Waals surface area (Å²) in [5, 5.41) is 17.8. The van der Waals surface area contributed by atoms with Crippen LogP contribution >= 0.6 is 0 Å². The lowest BCUT2D eigenvalue weighted by Crippen LogP contribution is -2.18. The number of rotatable bonds is 8. The number of aliphatic hydroxyl groups is 1. The average Bonchev–Trinajstić information content (AvgIpc) is 3.04. The summed E-state index contributed by atoms with van der Waals surface area (Å²) in [7, 11) is 0. The molecular weight excluding hydrogens is 302 g/mol. The lowest BCUT2D eigenvalue weighted by Gasteiger charge is -2.23. The van der Waals surface area contributed by atoms with E-state index in [9.17, 15) is 9.90 Å². The molecule has 130 valence electrons. The first-order valence-corrected chi connectivity index (χ1v) is 8.56. The number of Topliss-reactive ketones (excluding diaryl/α,β-unsaturated/α-hetero) is 1. The lowest BCUT2D eigenvalue weighted by molar-refractivity contribution is -0.120. The smallest absolute Gasteiger partial charge is 0.133 e. The minimum atomic E-state index is -0.0690. The van der Waals surface area contributed by atoms with E-state index in [4.69, 9.17) is 0 Å². The summed E-state index contributed by atoms with van der Waals surface area (Å²) >= 11 is 0. The number of benzene rings is 1. The van der Waals surface area contributed by atoms with Crippen molar-refractivity contribution in [2.45, 2.75) is 59.6 Å². The molecule has 0 bridgehead atoms. The van der Waals surface area contributed by atoms with E-state index < -0.39 is 0 Å². The molecule has 1 aromatic carbocycles. The van der Waals surface area contributed by atoms with Crippen LogP contribution in [-0.4, -0.2) is 25.9 Å². The third kappa shape index (κ3) is 4.29. The Kier molecular flexibility index (Phi) is 6.26. The molecule has 2 rings (SSSR count). The fourth-order valence-electron chi connectivity index (χ4n) is 2.99. The van der Waals surface area contributed by atoms with Crippen LogP contribution in [0.15, 0.2) is 24.4 Å². The molecular formula is C19H27N3O2. The topological polar surface area (TPSA) is 68.0 Å². The highest BCUT2D eigenvalue weighted by atomic mass is 16.3. The van der Waals surface area contributed by atoms with E-state index >= 15 is 0 Å². The molecule has 1 aromatic heterocycles. The number of aromatic nitrogens is 3. The molecule has 0 aliphatic carbocycles. The van der Waals surface area contributed by atoms with Gasteiger partial charge in [0.05, 0.1) is 12.3 Å². The Hall–Kier alpha value is -2.01. The number of ketones is 1. The van der Waals surface area contributed by atoms with Crippen LogP contribution in [0.25, 0.3) is 0 Å². The Labute approximate surface area is 143 Å². The highest BCUT2D eigenvalue weighted by Gasteiger charge is 2.23. The maximum atomic E-state index is 12.0. The van der Waals surface area contributed by atoms with E-state index in [-0.39, 0.29) is 24.2 Å². The summed E-state index contributed by atoms with van der Waals surface area (Å²) in [5.41, 5.74) is 4.05. The van der Waals surface area contributed by atoms with E-state index in [1.165, 1.54) is 0 Å². The highest BCUT2D eigenvalue weighted by Crippen LogP contribution is 2.31. The molecule has 0 aliphatic heterocycles. The standard InChI is InChI=1S/C19H27N3O2/c1-5-22-11-18(20-21-22)8-9-19(14(3)15(4)24)16-7-6-13(2)17(10-16)12-23/h6-7,10-11,14,19,23H,5,8-9,12H2,1-4H3. The molecule has 5 nitrogen and oxygen atoms in total. The molecule has 1 heterocycles. The first-order valence-electron chi connectivity index (χ1n) is 8.56. The van der Waals surface area contributed by atoms with Gasteiger partial charge in [0.2, 0.25) is 0 Å². The van der Waals surface area contributed by atoms with Crippen LogP contribution in [0.2, 0.25) is 0 Å². The second-order valence-electron chi connectivity index (χ2n) is 6.45. The Morgan fingerprint density at radius 1 is 1.38 bits per heavy atom. The van der Waals surface area contributed by atoms with Gasteiger partial charge in [-0.15, -0.1) is 5.10 Å². The van der Waals surface area contributed by atoms with Crippen molar-refractivity contribution in [2.24, 2.45) is 5.92 Å². The normalized spacial score (nSPS) is 13.7. The Morgan fingerprint density at radius 3 is 2.71 bits per heavy atom. The Morgan fingerprint density at radius 2 is 2.12 bits per heavy atom. The minimum Gasteiger partial charge on any atom is -0.392 e. The minimum absolute atomic E-state index is 0.0195. The SMILES string of the molecule is CCn1cc(CCC(c2ccc(C)c(CO)c2)C(C)C(C)=O)nn1. The van der Waals surface area contributed by atoms with Crippen molar-refractivity contribution in [2.75, 3.05) is 0 Å². The largest absolute Gasteiger partial charge is 0.392 e. The molecule has 2 atom stereocenters. The molecule has 0 aliphatic rings. The number of aryl methyl sites for hydroxylation is 3. The van der Waals surface area contributed by atoms with Gasteiger partial charge in [-0.05, 0) is 56.2 Å². The van der Waals surface area contributed by atoms with Crippen molar-refractivity contribution in [3.8, 4) is 0 Å². The fraction of sp³-hybridized carbons (Fsp3) is 0.526. The van der Waals surface area contributed by atoms with Crippen LogP contribution in [0.4, 0.5) is 0 Å². The van der Waals surface area contributed by atoms with Crippen molar-refractivity contribution in [3.05, 3.63) is 46.8 Å². The molecule has 0 fully saturated rings. The fourth-order valence-corrected chi connectivity index (χ4v) is 2.99. The van der Waals surface area contributed by atoms with Crippen LogP contribution in [-0.2, 0) is 24.4 Å². The molecule has 24 heavy (non-hydrogen) atoms. The monoisotopic (exact) mass is 329 g/mol. The van der Waals surface area contributed by atoms with E-state index in [1.54, 1.807) is 6.92 Å². The summed E-state index contributed by atoms with van der Waals surface area (Å²) in [6.07, 6.45) is 3.57. The van der Waals surface area contributed by atoms with Crippen LogP contribution in [0.3, 0.4) is 0 Å². The molecule has 0 radical (unpaired) electrons. The van der Waals surface area contributed by atoms with Gasteiger partial charge in [-0.1, -0.05) is 30.3 Å². The molecule has 0 saturated heterocycles. The molecule has 2 unspecified atom stereocenters. The molecule has 0 amide bonds.